The Bertz CT molecular complexity index is 631. The topological polar surface area (TPSA) is 52.2 Å². The van der Waals surface area contributed by atoms with Gasteiger partial charge in [0.15, 0.2) is 0 Å². The molecule has 0 radical (unpaired) electrons. The SMILES string of the molecule is Cc1ccc2nc(CN3CCNCCNCCNCC3)ccc2c1. The zero-order chi connectivity index (χ0) is 16.6. The minimum atomic E-state index is 0.908. The quantitative estimate of drug-likeness (QED) is 0.772. The Hall–Kier alpha value is -1.53. The van der Waals surface area contributed by atoms with Crippen LogP contribution in [0.15, 0.2) is 30.3 Å². The largest absolute Gasteiger partial charge is 0.314 e. The summed E-state index contributed by atoms with van der Waals surface area (Å²) in [4.78, 5) is 7.33. The molecule has 0 bridgehead atoms. The fourth-order valence-electron chi connectivity index (χ4n) is 3.08. The van der Waals surface area contributed by atoms with Crippen LogP contribution in [0.3, 0.4) is 0 Å². The molecule has 3 N–H and O–H groups in total. The fourth-order valence-corrected chi connectivity index (χ4v) is 3.08. The molecule has 2 aromatic rings. The summed E-state index contributed by atoms with van der Waals surface area (Å²) in [6.45, 7) is 11.3. The van der Waals surface area contributed by atoms with Crippen molar-refractivity contribution in [1.82, 2.24) is 25.8 Å². The molecule has 0 saturated carbocycles. The van der Waals surface area contributed by atoms with Gasteiger partial charge in [-0.2, -0.15) is 0 Å². The van der Waals surface area contributed by atoms with E-state index in [2.05, 4.69) is 58.1 Å². The summed E-state index contributed by atoms with van der Waals surface area (Å²) < 4.78 is 0. The maximum atomic E-state index is 4.85. The molecular weight excluding hydrogens is 298 g/mol. The molecule has 1 fully saturated rings. The van der Waals surface area contributed by atoms with E-state index < -0.39 is 0 Å². The molecule has 0 spiro atoms. The Morgan fingerprint density at radius 2 is 1.54 bits per heavy atom. The minimum Gasteiger partial charge on any atom is -0.314 e. The summed E-state index contributed by atoms with van der Waals surface area (Å²) >= 11 is 0. The van der Waals surface area contributed by atoms with Crippen molar-refractivity contribution in [3.8, 4) is 0 Å². The molecule has 0 atom stereocenters. The van der Waals surface area contributed by atoms with Gasteiger partial charge >= 0.3 is 0 Å². The molecule has 1 aromatic heterocycles. The van der Waals surface area contributed by atoms with Gasteiger partial charge in [-0.05, 0) is 25.1 Å². The van der Waals surface area contributed by atoms with Crippen LogP contribution in [0.25, 0.3) is 10.9 Å². The zero-order valence-corrected chi connectivity index (χ0v) is 14.6. The molecule has 1 saturated heterocycles. The number of fused-ring (bicyclic) bond motifs is 1. The van der Waals surface area contributed by atoms with Crippen molar-refractivity contribution >= 4 is 10.9 Å². The monoisotopic (exact) mass is 327 g/mol. The normalized spacial score (nSPS) is 18.9. The maximum Gasteiger partial charge on any atom is 0.0706 e. The first-order valence-corrected chi connectivity index (χ1v) is 9.02. The summed E-state index contributed by atoms with van der Waals surface area (Å²) in [6.07, 6.45) is 0. The standard InChI is InChI=1S/C19H29N5/c1-16-2-5-19-17(14-16)3-4-18(23-19)15-24-12-10-21-8-6-20-7-9-22-11-13-24/h2-5,14,20-22H,6-13,15H2,1H3. The lowest BCUT2D eigenvalue weighted by Gasteiger charge is -2.23. The third-order valence-electron chi connectivity index (χ3n) is 4.45. The van der Waals surface area contributed by atoms with E-state index in [-0.39, 0.29) is 0 Å². The number of rotatable bonds is 2. The van der Waals surface area contributed by atoms with Crippen molar-refractivity contribution in [3.05, 3.63) is 41.6 Å². The minimum absolute atomic E-state index is 0.908. The van der Waals surface area contributed by atoms with E-state index in [1.54, 1.807) is 0 Å². The van der Waals surface area contributed by atoms with Crippen molar-refractivity contribution in [2.75, 3.05) is 52.4 Å². The number of benzene rings is 1. The van der Waals surface area contributed by atoms with Gasteiger partial charge in [0.05, 0.1) is 11.2 Å². The van der Waals surface area contributed by atoms with Crippen LogP contribution in [0.1, 0.15) is 11.3 Å². The Morgan fingerprint density at radius 3 is 2.25 bits per heavy atom. The highest BCUT2D eigenvalue weighted by molar-refractivity contribution is 5.79. The Morgan fingerprint density at radius 1 is 0.875 bits per heavy atom. The average molecular weight is 327 g/mol. The summed E-state index contributed by atoms with van der Waals surface area (Å²) in [5.74, 6) is 0. The molecular formula is C19H29N5. The molecule has 3 rings (SSSR count). The molecule has 1 aliphatic rings. The van der Waals surface area contributed by atoms with Crippen molar-refractivity contribution in [1.29, 1.82) is 0 Å². The van der Waals surface area contributed by atoms with Crippen LogP contribution >= 0.6 is 0 Å². The summed E-state index contributed by atoms with van der Waals surface area (Å²) in [5, 5.41) is 11.7. The second kappa shape index (κ2) is 9.08. The van der Waals surface area contributed by atoms with Crippen molar-refractivity contribution in [3.63, 3.8) is 0 Å². The lowest BCUT2D eigenvalue weighted by atomic mass is 10.1. The molecule has 0 amide bonds. The van der Waals surface area contributed by atoms with Crippen molar-refractivity contribution < 1.29 is 0 Å². The Kier molecular flexibility index (Phi) is 6.55. The molecule has 0 aliphatic carbocycles. The predicted octanol–water partition coefficient (Wildman–Crippen LogP) is 1.13. The first-order chi connectivity index (χ1) is 11.8. The zero-order valence-electron chi connectivity index (χ0n) is 14.6. The van der Waals surface area contributed by atoms with Crippen molar-refractivity contribution in [2.45, 2.75) is 13.5 Å². The van der Waals surface area contributed by atoms with E-state index in [1.807, 2.05) is 0 Å². The van der Waals surface area contributed by atoms with Gasteiger partial charge in [0, 0.05) is 64.3 Å². The third kappa shape index (κ3) is 5.24. The fraction of sp³-hybridized carbons (Fsp3) is 0.526. The molecule has 2 heterocycles. The number of aromatic nitrogens is 1. The highest BCUT2D eigenvalue weighted by atomic mass is 15.2. The number of pyridine rings is 1. The van der Waals surface area contributed by atoms with Crippen molar-refractivity contribution in [2.24, 2.45) is 0 Å². The van der Waals surface area contributed by atoms with Crippen LogP contribution in [0.5, 0.6) is 0 Å². The smallest absolute Gasteiger partial charge is 0.0706 e. The van der Waals surface area contributed by atoms with E-state index in [4.69, 9.17) is 4.98 Å². The van der Waals surface area contributed by atoms with Crippen LogP contribution in [0, 0.1) is 6.92 Å². The maximum absolute atomic E-state index is 4.85. The molecule has 5 nitrogen and oxygen atoms in total. The van der Waals surface area contributed by atoms with Gasteiger partial charge in [0.1, 0.15) is 0 Å². The predicted molar refractivity (Wildman–Crippen MR) is 100 cm³/mol. The first kappa shape index (κ1) is 17.3. The number of hydrogen-bond acceptors (Lipinski definition) is 5. The number of nitrogens with one attached hydrogen (secondary N) is 3. The van der Waals surface area contributed by atoms with Gasteiger partial charge in [-0.3, -0.25) is 9.88 Å². The van der Waals surface area contributed by atoms with Gasteiger partial charge in [0.25, 0.3) is 0 Å². The van der Waals surface area contributed by atoms with Crippen LogP contribution in [0.2, 0.25) is 0 Å². The van der Waals surface area contributed by atoms with E-state index in [0.29, 0.717) is 0 Å². The molecule has 0 unspecified atom stereocenters. The second-order valence-electron chi connectivity index (χ2n) is 6.52. The van der Waals surface area contributed by atoms with E-state index >= 15 is 0 Å². The first-order valence-electron chi connectivity index (χ1n) is 9.02. The molecule has 1 aliphatic heterocycles. The van der Waals surface area contributed by atoms with Gasteiger partial charge in [0.2, 0.25) is 0 Å². The van der Waals surface area contributed by atoms with Crippen LogP contribution < -0.4 is 16.0 Å². The number of hydrogen-bond donors (Lipinski definition) is 3. The van der Waals surface area contributed by atoms with Gasteiger partial charge < -0.3 is 16.0 Å². The van der Waals surface area contributed by atoms with Gasteiger partial charge in [-0.1, -0.05) is 17.7 Å². The molecule has 130 valence electrons. The highest BCUT2D eigenvalue weighted by Gasteiger charge is 2.08. The highest BCUT2D eigenvalue weighted by Crippen LogP contribution is 2.15. The average Bonchev–Trinajstić information content (AvgIpc) is 2.57. The third-order valence-corrected chi connectivity index (χ3v) is 4.45. The lowest BCUT2D eigenvalue weighted by molar-refractivity contribution is 0.260. The molecule has 5 heteroatoms. The number of nitrogens with zero attached hydrogens (tertiary/aromatic N) is 2. The Labute approximate surface area is 144 Å². The summed E-state index contributed by atoms with van der Waals surface area (Å²) in [5.41, 5.74) is 3.53. The van der Waals surface area contributed by atoms with Crippen LogP contribution in [0.4, 0.5) is 0 Å². The van der Waals surface area contributed by atoms with Crippen LogP contribution in [-0.4, -0.2) is 62.2 Å². The van der Waals surface area contributed by atoms with E-state index in [9.17, 15) is 0 Å². The molecule has 1 aromatic carbocycles. The van der Waals surface area contributed by atoms with E-state index in [1.165, 1.54) is 10.9 Å². The summed E-state index contributed by atoms with van der Waals surface area (Å²) in [6, 6.07) is 10.8. The lowest BCUT2D eigenvalue weighted by Crippen LogP contribution is -2.41. The summed E-state index contributed by atoms with van der Waals surface area (Å²) in [7, 11) is 0. The number of aryl methyl sites for hydroxylation is 1. The van der Waals surface area contributed by atoms with Crippen LogP contribution in [-0.2, 0) is 6.54 Å². The second-order valence-corrected chi connectivity index (χ2v) is 6.52. The van der Waals surface area contributed by atoms with Gasteiger partial charge in [-0.25, -0.2) is 0 Å². The van der Waals surface area contributed by atoms with Gasteiger partial charge in [-0.15, -0.1) is 0 Å². The van der Waals surface area contributed by atoms with E-state index in [0.717, 1.165) is 70.1 Å². The molecule has 24 heavy (non-hydrogen) atoms. The Balaban J connectivity index is 1.63.